The van der Waals surface area contributed by atoms with E-state index in [1.165, 1.54) is 6.26 Å². The molecule has 0 bridgehead atoms. The summed E-state index contributed by atoms with van der Waals surface area (Å²) in [5.74, 6) is 0.394. The lowest BCUT2D eigenvalue weighted by Crippen LogP contribution is -2.52. The summed E-state index contributed by atoms with van der Waals surface area (Å²) in [6.45, 7) is 7.85. The van der Waals surface area contributed by atoms with Gasteiger partial charge in [-0.2, -0.15) is 0 Å². The molecule has 2 aromatic rings. The number of carbonyl (C=O) groups is 2. The lowest BCUT2D eigenvalue weighted by atomic mass is 10.0. The molecule has 6 nitrogen and oxygen atoms in total. The molecule has 2 amide bonds. The Hall–Kier alpha value is -2.60. The van der Waals surface area contributed by atoms with E-state index < -0.39 is 0 Å². The number of furan rings is 1. The van der Waals surface area contributed by atoms with E-state index in [0.29, 0.717) is 45.0 Å². The van der Waals surface area contributed by atoms with Gasteiger partial charge in [0.05, 0.1) is 6.26 Å². The van der Waals surface area contributed by atoms with Crippen LogP contribution >= 0.6 is 0 Å². The van der Waals surface area contributed by atoms with Crippen LogP contribution in [0.3, 0.4) is 0 Å². The minimum atomic E-state index is -0.313. The van der Waals surface area contributed by atoms with Crippen LogP contribution in [0, 0.1) is 0 Å². The molecular weight excluding hydrogens is 342 g/mol. The van der Waals surface area contributed by atoms with Gasteiger partial charge in [0.25, 0.3) is 5.91 Å². The number of carbonyl (C=O) groups excluding carboxylic acids is 2. The number of benzene rings is 1. The normalized spacial score (nSPS) is 16.1. The van der Waals surface area contributed by atoms with Crippen LogP contribution in [-0.2, 0) is 4.79 Å². The Morgan fingerprint density at radius 1 is 1.00 bits per heavy atom. The van der Waals surface area contributed by atoms with Crippen LogP contribution in [0.4, 0.5) is 0 Å². The molecule has 0 saturated carbocycles. The summed E-state index contributed by atoms with van der Waals surface area (Å²) >= 11 is 0. The van der Waals surface area contributed by atoms with Crippen LogP contribution in [-0.4, -0.2) is 65.8 Å². The summed E-state index contributed by atoms with van der Waals surface area (Å²) in [6.07, 6.45) is 1.51. The molecule has 1 aromatic carbocycles. The van der Waals surface area contributed by atoms with Crippen molar-refractivity contribution in [2.24, 2.45) is 0 Å². The highest BCUT2D eigenvalue weighted by atomic mass is 16.3. The van der Waals surface area contributed by atoms with Gasteiger partial charge in [-0.3, -0.25) is 14.5 Å². The molecule has 1 aliphatic heterocycles. The molecule has 1 aliphatic rings. The maximum absolute atomic E-state index is 13.2. The number of hydrogen-bond donors (Lipinski definition) is 0. The highest BCUT2D eigenvalue weighted by Gasteiger charge is 2.33. The summed E-state index contributed by atoms with van der Waals surface area (Å²) in [4.78, 5) is 31.5. The predicted molar refractivity (Wildman–Crippen MR) is 103 cm³/mol. The lowest BCUT2D eigenvalue weighted by Gasteiger charge is -2.40. The van der Waals surface area contributed by atoms with Crippen LogP contribution in [0.15, 0.2) is 53.1 Å². The fourth-order valence-electron chi connectivity index (χ4n) is 3.59. The third kappa shape index (κ3) is 4.22. The van der Waals surface area contributed by atoms with E-state index >= 15 is 0 Å². The SMILES string of the molecule is CCN(CC)C(=O)C(c1ccccc1)N1CCN(C(=O)c2ccco2)CC1. The van der Waals surface area contributed by atoms with E-state index in [0.717, 1.165) is 5.56 Å². The monoisotopic (exact) mass is 369 g/mol. The third-order valence-electron chi connectivity index (χ3n) is 5.12. The molecule has 1 unspecified atom stereocenters. The quantitative estimate of drug-likeness (QED) is 0.786. The summed E-state index contributed by atoms with van der Waals surface area (Å²) in [6, 6.07) is 13.0. The fraction of sp³-hybridized carbons (Fsp3) is 0.429. The van der Waals surface area contributed by atoms with E-state index in [4.69, 9.17) is 4.42 Å². The first-order valence-corrected chi connectivity index (χ1v) is 9.56. The summed E-state index contributed by atoms with van der Waals surface area (Å²) in [5, 5.41) is 0. The molecule has 27 heavy (non-hydrogen) atoms. The van der Waals surface area contributed by atoms with Gasteiger partial charge in [0.15, 0.2) is 5.76 Å². The Labute approximate surface area is 160 Å². The zero-order chi connectivity index (χ0) is 19.2. The van der Waals surface area contributed by atoms with Crippen LogP contribution in [0.5, 0.6) is 0 Å². The molecule has 0 aliphatic carbocycles. The minimum Gasteiger partial charge on any atom is -0.459 e. The number of likely N-dealkylation sites (N-methyl/N-ethyl adjacent to an activating group) is 1. The maximum Gasteiger partial charge on any atom is 0.289 e. The van der Waals surface area contributed by atoms with Gasteiger partial charge in [-0.05, 0) is 31.5 Å². The molecule has 1 atom stereocenters. The van der Waals surface area contributed by atoms with E-state index in [1.54, 1.807) is 17.0 Å². The van der Waals surface area contributed by atoms with E-state index in [1.807, 2.05) is 49.1 Å². The van der Waals surface area contributed by atoms with Crippen molar-refractivity contribution in [2.45, 2.75) is 19.9 Å². The first-order valence-electron chi connectivity index (χ1n) is 9.56. The number of piperazine rings is 1. The molecule has 144 valence electrons. The molecule has 0 N–H and O–H groups in total. The van der Waals surface area contributed by atoms with Crippen molar-refractivity contribution in [1.29, 1.82) is 0 Å². The third-order valence-corrected chi connectivity index (χ3v) is 5.12. The van der Waals surface area contributed by atoms with Gasteiger partial charge in [0.1, 0.15) is 6.04 Å². The first kappa shape index (κ1) is 19.2. The number of amides is 2. The fourth-order valence-corrected chi connectivity index (χ4v) is 3.59. The number of hydrogen-bond acceptors (Lipinski definition) is 4. The first-order chi connectivity index (χ1) is 13.2. The van der Waals surface area contributed by atoms with Crippen LogP contribution < -0.4 is 0 Å². The van der Waals surface area contributed by atoms with Crippen molar-refractivity contribution >= 4 is 11.8 Å². The van der Waals surface area contributed by atoms with Crippen LogP contribution in [0.25, 0.3) is 0 Å². The molecule has 0 radical (unpaired) electrons. The molecule has 1 aromatic heterocycles. The minimum absolute atomic E-state index is 0.0917. The topological polar surface area (TPSA) is 57.0 Å². The molecule has 2 heterocycles. The van der Waals surface area contributed by atoms with Crippen LogP contribution in [0.2, 0.25) is 0 Å². The zero-order valence-electron chi connectivity index (χ0n) is 16.0. The molecular formula is C21H27N3O3. The van der Waals surface area contributed by atoms with Crippen molar-refractivity contribution < 1.29 is 14.0 Å². The van der Waals surface area contributed by atoms with Gasteiger partial charge < -0.3 is 14.2 Å². The van der Waals surface area contributed by atoms with Crippen molar-refractivity contribution in [3.05, 3.63) is 60.1 Å². The average Bonchev–Trinajstić information content (AvgIpc) is 3.25. The van der Waals surface area contributed by atoms with Gasteiger partial charge in [-0.1, -0.05) is 30.3 Å². The maximum atomic E-state index is 13.2. The Morgan fingerprint density at radius 3 is 2.22 bits per heavy atom. The van der Waals surface area contributed by atoms with Crippen LogP contribution in [0.1, 0.15) is 36.0 Å². The molecule has 1 saturated heterocycles. The van der Waals surface area contributed by atoms with E-state index in [2.05, 4.69) is 4.90 Å². The standard InChI is InChI=1S/C21H27N3O3/c1-3-22(4-2)21(26)19(17-9-6-5-7-10-17)23-12-14-24(15-13-23)20(25)18-11-8-16-27-18/h5-11,16,19H,3-4,12-15H2,1-2H3. The molecule has 0 spiro atoms. The molecule has 6 heteroatoms. The van der Waals surface area contributed by atoms with Crippen molar-refractivity contribution in [3.8, 4) is 0 Å². The van der Waals surface area contributed by atoms with Gasteiger partial charge in [-0.15, -0.1) is 0 Å². The second-order valence-corrected chi connectivity index (χ2v) is 6.63. The second-order valence-electron chi connectivity index (χ2n) is 6.63. The summed E-state index contributed by atoms with van der Waals surface area (Å²) in [5.41, 5.74) is 1.00. The Morgan fingerprint density at radius 2 is 1.67 bits per heavy atom. The second kappa shape index (κ2) is 8.86. The lowest BCUT2D eigenvalue weighted by molar-refractivity contribution is -0.137. The summed E-state index contributed by atoms with van der Waals surface area (Å²) < 4.78 is 5.23. The van der Waals surface area contributed by atoms with Crippen molar-refractivity contribution in [3.63, 3.8) is 0 Å². The Balaban J connectivity index is 1.74. The smallest absolute Gasteiger partial charge is 0.289 e. The van der Waals surface area contributed by atoms with E-state index in [-0.39, 0.29) is 17.9 Å². The Bertz CT molecular complexity index is 733. The predicted octanol–water partition coefficient (Wildman–Crippen LogP) is 2.65. The highest BCUT2D eigenvalue weighted by molar-refractivity contribution is 5.91. The van der Waals surface area contributed by atoms with Gasteiger partial charge >= 0.3 is 0 Å². The average molecular weight is 369 g/mol. The molecule has 3 rings (SSSR count). The van der Waals surface area contributed by atoms with Gasteiger partial charge in [-0.25, -0.2) is 0 Å². The van der Waals surface area contributed by atoms with Crippen molar-refractivity contribution in [2.75, 3.05) is 39.3 Å². The highest BCUT2D eigenvalue weighted by Crippen LogP contribution is 2.25. The van der Waals surface area contributed by atoms with Gasteiger partial charge in [0.2, 0.25) is 5.91 Å². The number of rotatable bonds is 6. The number of nitrogens with zero attached hydrogens (tertiary/aromatic N) is 3. The zero-order valence-corrected chi connectivity index (χ0v) is 16.0. The van der Waals surface area contributed by atoms with Gasteiger partial charge in [0, 0.05) is 39.3 Å². The van der Waals surface area contributed by atoms with Crippen molar-refractivity contribution in [1.82, 2.24) is 14.7 Å². The molecule has 1 fully saturated rings. The largest absolute Gasteiger partial charge is 0.459 e. The summed E-state index contributed by atoms with van der Waals surface area (Å²) in [7, 11) is 0. The Kier molecular flexibility index (Phi) is 6.29. The van der Waals surface area contributed by atoms with E-state index in [9.17, 15) is 9.59 Å².